The maximum Gasteiger partial charge on any atom is 0.127 e. The second kappa shape index (κ2) is 6.22. The van der Waals surface area contributed by atoms with Gasteiger partial charge in [-0.3, -0.25) is 0 Å². The zero-order valence-electron chi connectivity index (χ0n) is 15.8. The Morgan fingerprint density at radius 2 is 2.00 bits per heavy atom. The van der Waals surface area contributed by atoms with Gasteiger partial charge in [-0.2, -0.15) is 0 Å². The first-order chi connectivity index (χ1) is 10.5. The van der Waals surface area contributed by atoms with Gasteiger partial charge in [-0.1, -0.05) is 32.4 Å². The van der Waals surface area contributed by atoms with Crippen molar-refractivity contribution in [2.24, 2.45) is 0 Å². The van der Waals surface area contributed by atoms with E-state index < -0.39 is 0 Å². The standard InChI is InChI=1S/C21H32O2/c1-14(2)9-8-11-21(7)12-10-16-15(3)18(22)13-17(19(16)23-21)20(4,5)6/h9,13,22H,8,10-12H2,1-7H3. The zero-order valence-corrected chi connectivity index (χ0v) is 15.8. The van der Waals surface area contributed by atoms with Gasteiger partial charge in [-0.05, 0) is 70.4 Å². The van der Waals surface area contributed by atoms with Gasteiger partial charge in [-0.15, -0.1) is 0 Å². The molecule has 1 N–H and O–H groups in total. The van der Waals surface area contributed by atoms with E-state index in [9.17, 15) is 5.11 Å². The second-order valence-electron chi connectivity index (χ2n) is 8.50. The summed E-state index contributed by atoms with van der Waals surface area (Å²) in [7, 11) is 0. The van der Waals surface area contributed by atoms with E-state index in [0.717, 1.165) is 42.6 Å². The second-order valence-corrected chi connectivity index (χ2v) is 8.50. The van der Waals surface area contributed by atoms with Crippen molar-refractivity contribution < 1.29 is 9.84 Å². The molecule has 0 saturated heterocycles. The van der Waals surface area contributed by atoms with Crippen molar-refractivity contribution in [1.82, 2.24) is 0 Å². The van der Waals surface area contributed by atoms with E-state index in [2.05, 4.69) is 47.6 Å². The number of phenols is 1. The third kappa shape index (κ3) is 3.91. The first-order valence-electron chi connectivity index (χ1n) is 8.72. The molecule has 1 aliphatic rings. The molecule has 0 spiro atoms. The van der Waals surface area contributed by atoms with E-state index in [1.165, 1.54) is 11.1 Å². The Labute approximate surface area is 141 Å². The van der Waals surface area contributed by atoms with Crippen LogP contribution in [0, 0.1) is 6.92 Å². The SMILES string of the molecule is CC(C)=CCCC1(C)CCc2c(C)c(O)cc(C(C)(C)C)c2O1. The topological polar surface area (TPSA) is 29.5 Å². The highest BCUT2D eigenvalue weighted by atomic mass is 16.5. The van der Waals surface area contributed by atoms with Crippen LogP contribution in [0.3, 0.4) is 0 Å². The summed E-state index contributed by atoms with van der Waals surface area (Å²) in [6.45, 7) is 15.0. The molecule has 1 aliphatic heterocycles. The van der Waals surface area contributed by atoms with Crippen LogP contribution in [0.1, 0.15) is 77.5 Å². The van der Waals surface area contributed by atoms with Crippen LogP contribution in [0.15, 0.2) is 17.7 Å². The number of allylic oxidation sites excluding steroid dienone is 2. The van der Waals surface area contributed by atoms with Gasteiger partial charge < -0.3 is 9.84 Å². The van der Waals surface area contributed by atoms with Crippen LogP contribution < -0.4 is 4.74 Å². The predicted octanol–water partition coefficient (Wildman–Crippen LogP) is 5.83. The minimum atomic E-state index is -0.123. The lowest BCUT2D eigenvalue weighted by Gasteiger charge is -2.39. The lowest BCUT2D eigenvalue weighted by Crippen LogP contribution is -2.37. The number of benzene rings is 1. The molecule has 2 nitrogen and oxygen atoms in total. The van der Waals surface area contributed by atoms with Crippen LogP contribution in [0.5, 0.6) is 11.5 Å². The minimum Gasteiger partial charge on any atom is -0.508 e. The summed E-state index contributed by atoms with van der Waals surface area (Å²) in [6, 6.07) is 1.90. The number of ether oxygens (including phenoxy) is 1. The summed E-state index contributed by atoms with van der Waals surface area (Å²) >= 11 is 0. The lowest BCUT2D eigenvalue weighted by molar-refractivity contribution is 0.0545. The number of rotatable bonds is 3. The molecule has 2 rings (SSSR count). The van der Waals surface area contributed by atoms with E-state index in [4.69, 9.17) is 4.74 Å². The zero-order chi connectivity index (χ0) is 17.4. The highest BCUT2D eigenvalue weighted by Crippen LogP contribution is 2.46. The van der Waals surface area contributed by atoms with Gasteiger partial charge in [0.15, 0.2) is 0 Å². The minimum absolute atomic E-state index is 0.0482. The number of aromatic hydroxyl groups is 1. The van der Waals surface area contributed by atoms with Crippen molar-refractivity contribution in [3.8, 4) is 11.5 Å². The van der Waals surface area contributed by atoms with Crippen LogP contribution in [0.2, 0.25) is 0 Å². The fraction of sp³-hybridized carbons (Fsp3) is 0.619. The van der Waals surface area contributed by atoms with Crippen molar-refractivity contribution in [3.63, 3.8) is 0 Å². The van der Waals surface area contributed by atoms with E-state index in [1.54, 1.807) is 0 Å². The molecule has 1 aromatic carbocycles. The average Bonchev–Trinajstić information content (AvgIpc) is 2.41. The normalized spacial score (nSPS) is 20.7. The number of hydrogen-bond acceptors (Lipinski definition) is 2. The van der Waals surface area contributed by atoms with E-state index >= 15 is 0 Å². The van der Waals surface area contributed by atoms with Crippen LogP contribution in [-0.2, 0) is 11.8 Å². The van der Waals surface area contributed by atoms with Gasteiger partial charge in [0.2, 0.25) is 0 Å². The van der Waals surface area contributed by atoms with Crippen LogP contribution in [0.4, 0.5) is 0 Å². The fourth-order valence-electron chi connectivity index (χ4n) is 3.30. The van der Waals surface area contributed by atoms with Crippen molar-refractivity contribution in [2.45, 2.75) is 85.2 Å². The Balaban J connectivity index is 2.39. The molecule has 1 unspecified atom stereocenters. The quantitative estimate of drug-likeness (QED) is 0.711. The van der Waals surface area contributed by atoms with Gasteiger partial charge in [0.25, 0.3) is 0 Å². The largest absolute Gasteiger partial charge is 0.508 e. The predicted molar refractivity (Wildman–Crippen MR) is 97.6 cm³/mol. The molecule has 1 heterocycles. The Morgan fingerprint density at radius 1 is 1.35 bits per heavy atom. The first-order valence-corrected chi connectivity index (χ1v) is 8.72. The smallest absolute Gasteiger partial charge is 0.127 e. The summed E-state index contributed by atoms with van der Waals surface area (Å²) in [6.07, 6.45) is 6.35. The molecular formula is C21H32O2. The van der Waals surface area contributed by atoms with Gasteiger partial charge in [0.05, 0.1) is 0 Å². The summed E-state index contributed by atoms with van der Waals surface area (Å²) in [4.78, 5) is 0. The molecule has 0 aliphatic carbocycles. The summed E-state index contributed by atoms with van der Waals surface area (Å²) in [5.74, 6) is 1.41. The Bertz CT molecular complexity index is 616. The molecule has 23 heavy (non-hydrogen) atoms. The summed E-state index contributed by atoms with van der Waals surface area (Å²) < 4.78 is 6.55. The first kappa shape index (κ1) is 17.9. The Morgan fingerprint density at radius 3 is 2.57 bits per heavy atom. The van der Waals surface area contributed by atoms with E-state index in [0.29, 0.717) is 5.75 Å². The molecular weight excluding hydrogens is 284 g/mol. The Hall–Kier alpha value is -1.44. The average molecular weight is 316 g/mol. The Kier molecular flexibility index (Phi) is 4.84. The molecule has 0 fully saturated rings. The van der Waals surface area contributed by atoms with Crippen molar-refractivity contribution >= 4 is 0 Å². The van der Waals surface area contributed by atoms with E-state index in [-0.39, 0.29) is 11.0 Å². The summed E-state index contributed by atoms with van der Waals surface area (Å²) in [5, 5.41) is 10.3. The maximum atomic E-state index is 10.3. The molecule has 1 atom stereocenters. The number of phenolic OH excluding ortho intramolecular Hbond substituents is 1. The van der Waals surface area contributed by atoms with Gasteiger partial charge in [-0.25, -0.2) is 0 Å². The van der Waals surface area contributed by atoms with E-state index in [1.807, 2.05) is 13.0 Å². The van der Waals surface area contributed by atoms with Gasteiger partial charge >= 0.3 is 0 Å². The molecule has 0 aromatic heterocycles. The van der Waals surface area contributed by atoms with Crippen LogP contribution in [0.25, 0.3) is 0 Å². The van der Waals surface area contributed by atoms with Crippen LogP contribution in [-0.4, -0.2) is 10.7 Å². The number of hydrogen-bond donors (Lipinski definition) is 1. The van der Waals surface area contributed by atoms with Crippen molar-refractivity contribution in [3.05, 3.63) is 34.4 Å². The molecule has 0 amide bonds. The molecule has 0 bridgehead atoms. The molecule has 1 aromatic rings. The lowest BCUT2D eigenvalue weighted by atomic mass is 9.80. The molecule has 2 heteroatoms. The fourth-order valence-corrected chi connectivity index (χ4v) is 3.30. The van der Waals surface area contributed by atoms with Crippen molar-refractivity contribution in [1.29, 1.82) is 0 Å². The molecule has 128 valence electrons. The highest BCUT2D eigenvalue weighted by molar-refractivity contribution is 5.56. The third-order valence-electron chi connectivity index (χ3n) is 4.92. The monoisotopic (exact) mass is 316 g/mol. The summed E-state index contributed by atoms with van der Waals surface area (Å²) in [5.41, 5.74) is 4.47. The number of fused-ring (bicyclic) bond motifs is 1. The molecule has 0 saturated carbocycles. The van der Waals surface area contributed by atoms with Crippen LogP contribution >= 0.6 is 0 Å². The third-order valence-corrected chi connectivity index (χ3v) is 4.92. The molecule has 0 radical (unpaired) electrons. The van der Waals surface area contributed by atoms with Crippen molar-refractivity contribution in [2.75, 3.05) is 0 Å². The van der Waals surface area contributed by atoms with Gasteiger partial charge in [0.1, 0.15) is 17.1 Å². The highest BCUT2D eigenvalue weighted by Gasteiger charge is 2.35. The van der Waals surface area contributed by atoms with Gasteiger partial charge in [0, 0.05) is 11.1 Å². The maximum absolute atomic E-state index is 10.3.